The van der Waals surface area contributed by atoms with Crippen molar-refractivity contribution in [3.8, 4) is 17.2 Å². The van der Waals surface area contributed by atoms with Gasteiger partial charge in [-0.25, -0.2) is 0 Å². The van der Waals surface area contributed by atoms with Crippen LogP contribution in [-0.4, -0.2) is 21.5 Å². The molecule has 0 bridgehead atoms. The van der Waals surface area contributed by atoms with Gasteiger partial charge in [0.25, 0.3) is 0 Å². The lowest BCUT2D eigenvalue weighted by atomic mass is 9.94. The highest BCUT2D eigenvalue weighted by Gasteiger charge is 2.49. The van der Waals surface area contributed by atoms with Crippen molar-refractivity contribution < 1.29 is 14.3 Å². The molecular weight excluding hydrogens is 552 g/mol. The van der Waals surface area contributed by atoms with Crippen molar-refractivity contribution >= 4 is 68.8 Å². The number of amides is 1. The van der Waals surface area contributed by atoms with E-state index in [4.69, 9.17) is 55.9 Å². The van der Waals surface area contributed by atoms with E-state index in [0.717, 1.165) is 5.56 Å². The van der Waals surface area contributed by atoms with Gasteiger partial charge in [-0.05, 0) is 42.0 Å². The molecule has 5 rings (SSSR count). The summed E-state index contributed by atoms with van der Waals surface area (Å²) in [6.45, 7) is 0.0656. The van der Waals surface area contributed by atoms with Crippen molar-refractivity contribution in [2.24, 2.45) is 0 Å². The number of carbonyl (C=O) groups excluding carboxylic acids is 1. The standard InChI is InChI=1S/C24H15Cl4N3O3S/c25-14-10-17(26)22(18(27)11-14)33-12-19-29-30-24(35-19)31-21(20(28)23(31)32)13-5-4-8-16(9-13)34-15-6-2-1-3-7-15/h1-11,20-21H,12H2. The number of halogens is 4. The van der Waals surface area contributed by atoms with E-state index in [9.17, 15) is 4.79 Å². The molecule has 35 heavy (non-hydrogen) atoms. The first-order chi connectivity index (χ1) is 16.9. The number of anilines is 1. The van der Waals surface area contributed by atoms with Gasteiger partial charge in [0.2, 0.25) is 11.0 Å². The van der Waals surface area contributed by atoms with E-state index in [1.165, 1.54) is 28.4 Å². The Labute approximate surface area is 224 Å². The Morgan fingerprint density at radius 3 is 2.37 bits per heavy atom. The Hall–Kier alpha value is -2.55. The zero-order chi connectivity index (χ0) is 24.5. The average Bonchev–Trinajstić information content (AvgIpc) is 3.30. The molecule has 4 aromatic rings. The second-order valence-electron chi connectivity index (χ2n) is 7.51. The summed E-state index contributed by atoms with van der Waals surface area (Å²) < 4.78 is 11.7. The Bertz CT molecular complexity index is 1360. The molecule has 0 spiro atoms. The van der Waals surface area contributed by atoms with Crippen LogP contribution in [0.4, 0.5) is 5.13 Å². The highest BCUT2D eigenvalue weighted by atomic mass is 35.5. The van der Waals surface area contributed by atoms with Crippen LogP contribution in [0.25, 0.3) is 0 Å². The number of β-lactam (4-membered cyclic amide) rings is 1. The Morgan fingerprint density at radius 2 is 1.63 bits per heavy atom. The monoisotopic (exact) mass is 565 g/mol. The minimum Gasteiger partial charge on any atom is -0.483 e. The molecule has 0 aliphatic carbocycles. The normalized spacial score (nSPS) is 17.3. The van der Waals surface area contributed by atoms with Crippen LogP contribution in [0.5, 0.6) is 17.2 Å². The number of hydrogen-bond donors (Lipinski definition) is 0. The van der Waals surface area contributed by atoms with Gasteiger partial charge >= 0.3 is 0 Å². The van der Waals surface area contributed by atoms with Gasteiger partial charge in [-0.1, -0.05) is 76.5 Å². The van der Waals surface area contributed by atoms with E-state index >= 15 is 0 Å². The largest absolute Gasteiger partial charge is 0.483 e. The number of nitrogens with zero attached hydrogens (tertiary/aromatic N) is 3. The first-order valence-corrected chi connectivity index (χ1v) is 12.7. The molecule has 1 aliphatic rings. The number of aromatic nitrogens is 2. The molecule has 1 aromatic heterocycles. The second kappa shape index (κ2) is 10.2. The van der Waals surface area contributed by atoms with Crippen molar-refractivity contribution in [3.05, 3.63) is 92.4 Å². The smallest absolute Gasteiger partial charge is 0.250 e. The number of carbonyl (C=O) groups is 1. The number of para-hydroxylation sites is 1. The molecule has 1 fully saturated rings. The van der Waals surface area contributed by atoms with Crippen molar-refractivity contribution in [1.29, 1.82) is 0 Å². The topological polar surface area (TPSA) is 64.5 Å². The Kier molecular flexibility index (Phi) is 7.05. The first kappa shape index (κ1) is 24.2. The maximum Gasteiger partial charge on any atom is 0.250 e. The summed E-state index contributed by atoms with van der Waals surface area (Å²) in [6, 6.07) is 19.6. The fourth-order valence-electron chi connectivity index (χ4n) is 3.57. The number of ether oxygens (including phenoxy) is 2. The minimum absolute atomic E-state index is 0.0656. The van der Waals surface area contributed by atoms with E-state index in [-0.39, 0.29) is 22.6 Å². The summed E-state index contributed by atoms with van der Waals surface area (Å²) in [5.41, 5.74) is 0.825. The molecule has 2 heterocycles. The van der Waals surface area contributed by atoms with Gasteiger partial charge in [0.1, 0.15) is 23.5 Å². The molecule has 1 amide bonds. The van der Waals surface area contributed by atoms with Crippen LogP contribution in [-0.2, 0) is 11.4 Å². The van der Waals surface area contributed by atoms with Crippen LogP contribution in [0.1, 0.15) is 16.6 Å². The predicted molar refractivity (Wildman–Crippen MR) is 139 cm³/mol. The molecule has 0 N–H and O–H groups in total. The van der Waals surface area contributed by atoms with E-state index in [1.54, 1.807) is 0 Å². The molecule has 1 aliphatic heterocycles. The molecule has 3 aromatic carbocycles. The van der Waals surface area contributed by atoms with Gasteiger partial charge in [-0.3, -0.25) is 9.69 Å². The van der Waals surface area contributed by atoms with Crippen molar-refractivity contribution in [2.75, 3.05) is 4.90 Å². The number of hydrogen-bond acceptors (Lipinski definition) is 6. The average molecular weight is 567 g/mol. The Balaban J connectivity index is 1.32. The molecule has 178 valence electrons. The van der Waals surface area contributed by atoms with Gasteiger partial charge in [0.15, 0.2) is 10.8 Å². The number of alkyl halides is 1. The van der Waals surface area contributed by atoms with E-state index < -0.39 is 11.4 Å². The van der Waals surface area contributed by atoms with Crippen molar-refractivity contribution in [2.45, 2.75) is 18.0 Å². The van der Waals surface area contributed by atoms with Crippen molar-refractivity contribution in [1.82, 2.24) is 10.2 Å². The summed E-state index contributed by atoms with van der Waals surface area (Å²) in [5, 5.41) is 9.52. The number of rotatable bonds is 7. The van der Waals surface area contributed by atoms with E-state index in [2.05, 4.69) is 10.2 Å². The summed E-state index contributed by atoms with van der Waals surface area (Å²) in [4.78, 5) is 14.2. The molecule has 2 unspecified atom stereocenters. The third-order valence-corrected chi connectivity index (χ3v) is 7.27. The molecule has 1 saturated heterocycles. The van der Waals surface area contributed by atoms with Gasteiger partial charge in [0.05, 0.1) is 16.1 Å². The lowest BCUT2D eigenvalue weighted by Crippen LogP contribution is -2.56. The molecule has 0 saturated carbocycles. The highest BCUT2D eigenvalue weighted by molar-refractivity contribution is 7.15. The summed E-state index contributed by atoms with van der Waals surface area (Å²) in [6.07, 6.45) is 0. The van der Waals surface area contributed by atoms with Gasteiger partial charge in [-0.2, -0.15) is 0 Å². The zero-order valence-corrected chi connectivity index (χ0v) is 21.5. The van der Waals surface area contributed by atoms with Crippen LogP contribution < -0.4 is 14.4 Å². The van der Waals surface area contributed by atoms with E-state index in [1.807, 2.05) is 54.6 Å². The highest BCUT2D eigenvalue weighted by Crippen LogP contribution is 2.44. The fourth-order valence-corrected chi connectivity index (χ4v) is 5.66. The lowest BCUT2D eigenvalue weighted by Gasteiger charge is -2.42. The third-order valence-electron chi connectivity index (χ3n) is 5.17. The summed E-state index contributed by atoms with van der Waals surface area (Å²) in [7, 11) is 0. The van der Waals surface area contributed by atoms with Gasteiger partial charge < -0.3 is 9.47 Å². The molecular formula is C24H15Cl4N3O3S. The van der Waals surface area contributed by atoms with Crippen molar-refractivity contribution in [3.63, 3.8) is 0 Å². The fraction of sp³-hybridized carbons (Fsp3) is 0.125. The maximum absolute atomic E-state index is 12.7. The van der Waals surface area contributed by atoms with Gasteiger partial charge in [0, 0.05) is 5.02 Å². The van der Waals surface area contributed by atoms with Gasteiger partial charge in [-0.15, -0.1) is 21.8 Å². The summed E-state index contributed by atoms with van der Waals surface area (Å²) in [5.74, 6) is 1.39. The third kappa shape index (κ3) is 5.06. The van der Waals surface area contributed by atoms with Crippen LogP contribution >= 0.6 is 57.7 Å². The SMILES string of the molecule is O=C1C(Cl)C(c2cccc(Oc3ccccc3)c2)N1c1nnc(COc2c(Cl)cc(Cl)cc2Cl)s1. The predicted octanol–water partition coefficient (Wildman–Crippen LogP) is 7.56. The van der Waals surface area contributed by atoms with E-state index in [0.29, 0.717) is 32.4 Å². The molecule has 6 nitrogen and oxygen atoms in total. The maximum atomic E-state index is 12.7. The van der Waals surface area contributed by atoms with Crippen LogP contribution in [0.3, 0.4) is 0 Å². The summed E-state index contributed by atoms with van der Waals surface area (Å²) >= 11 is 25.9. The minimum atomic E-state index is -0.725. The van der Waals surface area contributed by atoms with Crippen LogP contribution in [0.2, 0.25) is 15.1 Å². The molecule has 2 atom stereocenters. The quantitative estimate of drug-likeness (QED) is 0.170. The van der Waals surface area contributed by atoms with Crippen LogP contribution in [0.15, 0.2) is 66.7 Å². The molecule has 0 radical (unpaired) electrons. The van der Waals surface area contributed by atoms with Crippen LogP contribution in [0, 0.1) is 0 Å². The Morgan fingerprint density at radius 1 is 0.914 bits per heavy atom. The number of benzene rings is 3. The lowest BCUT2D eigenvalue weighted by molar-refractivity contribution is -0.123. The zero-order valence-electron chi connectivity index (χ0n) is 17.7. The first-order valence-electron chi connectivity index (χ1n) is 10.3. The second-order valence-corrected chi connectivity index (χ2v) is 10.3. The molecule has 11 heteroatoms.